The number of likely N-dealkylation sites (N-methyl/N-ethyl adjacent to an activating group) is 2. The van der Waals surface area contributed by atoms with Crippen molar-refractivity contribution in [2.75, 3.05) is 56.9 Å². The van der Waals surface area contributed by atoms with E-state index in [9.17, 15) is 4.79 Å². The van der Waals surface area contributed by atoms with Gasteiger partial charge in [-0.2, -0.15) is 0 Å². The van der Waals surface area contributed by atoms with Crippen molar-refractivity contribution in [2.45, 2.75) is 19.8 Å². The van der Waals surface area contributed by atoms with Gasteiger partial charge in [-0.15, -0.1) is 0 Å². The van der Waals surface area contributed by atoms with Crippen LogP contribution in [-0.2, 0) is 11.8 Å². The van der Waals surface area contributed by atoms with E-state index < -0.39 is 0 Å². The fourth-order valence-corrected chi connectivity index (χ4v) is 4.77. The van der Waals surface area contributed by atoms with Crippen molar-refractivity contribution < 1.29 is 9.53 Å². The molecule has 0 fully saturated rings. The first-order chi connectivity index (χ1) is 19.1. The molecule has 0 spiro atoms. The number of nitrogens with one attached hydrogen (secondary N) is 2. The number of carbonyl (C=O) groups is 1. The molecule has 2 aromatic heterocycles. The second kappa shape index (κ2) is 12.2. The van der Waals surface area contributed by atoms with E-state index in [1.807, 2.05) is 39.3 Å². The van der Waals surface area contributed by atoms with Crippen LogP contribution in [0.4, 0.5) is 23.0 Å². The van der Waals surface area contributed by atoms with Crippen LogP contribution in [0.5, 0.6) is 5.75 Å². The molecule has 0 bridgehead atoms. The Bertz CT molecular complexity index is 1520. The van der Waals surface area contributed by atoms with Gasteiger partial charge in [-0.25, -0.2) is 9.97 Å². The molecule has 9 heteroatoms. The lowest BCUT2D eigenvalue weighted by atomic mass is 9.99. The van der Waals surface area contributed by atoms with Crippen molar-refractivity contribution in [2.24, 2.45) is 7.05 Å². The average Bonchev–Trinajstić information content (AvgIpc) is 3.28. The maximum Gasteiger partial charge on any atom is 0.247 e. The van der Waals surface area contributed by atoms with Crippen molar-refractivity contribution in [1.82, 2.24) is 19.4 Å². The lowest BCUT2D eigenvalue weighted by Gasteiger charge is -2.26. The molecule has 1 amide bonds. The zero-order valence-electron chi connectivity index (χ0n) is 24.4. The molecule has 0 atom stereocenters. The SMILES string of the molecule is C=CC(=O)Nc1cc(Nc2nccc(-c3cn(C)c4c(C(C)C)cccc34)n2)c(OC)cc1N(C)CCN(C)C. The van der Waals surface area contributed by atoms with Gasteiger partial charge in [0.15, 0.2) is 0 Å². The van der Waals surface area contributed by atoms with Crippen LogP contribution < -0.4 is 20.3 Å². The van der Waals surface area contributed by atoms with Crippen molar-refractivity contribution >= 4 is 39.8 Å². The summed E-state index contributed by atoms with van der Waals surface area (Å²) in [5.74, 6) is 1.13. The van der Waals surface area contributed by atoms with Gasteiger partial charge >= 0.3 is 0 Å². The zero-order valence-corrected chi connectivity index (χ0v) is 24.4. The molecule has 0 radical (unpaired) electrons. The number of amides is 1. The van der Waals surface area contributed by atoms with Gasteiger partial charge < -0.3 is 29.7 Å². The van der Waals surface area contributed by atoms with Crippen molar-refractivity contribution in [3.63, 3.8) is 0 Å². The third-order valence-corrected chi connectivity index (χ3v) is 6.89. The summed E-state index contributed by atoms with van der Waals surface area (Å²) in [5, 5.41) is 7.39. The molecule has 2 heterocycles. The highest BCUT2D eigenvalue weighted by Gasteiger charge is 2.18. The van der Waals surface area contributed by atoms with E-state index in [4.69, 9.17) is 9.72 Å². The van der Waals surface area contributed by atoms with E-state index in [2.05, 4.69) is 81.9 Å². The Morgan fingerprint density at radius 2 is 1.93 bits per heavy atom. The lowest BCUT2D eigenvalue weighted by Crippen LogP contribution is -2.29. The van der Waals surface area contributed by atoms with Gasteiger partial charge in [0.25, 0.3) is 0 Å². The second-order valence-electron chi connectivity index (χ2n) is 10.4. The molecular formula is C31H39N7O2. The molecule has 9 nitrogen and oxygen atoms in total. The van der Waals surface area contributed by atoms with Crippen molar-refractivity contribution in [3.8, 4) is 17.0 Å². The third-order valence-electron chi connectivity index (χ3n) is 6.89. The number of ether oxygens (including phenoxy) is 1. The van der Waals surface area contributed by atoms with E-state index in [0.717, 1.165) is 35.4 Å². The van der Waals surface area contributed by atoms with Gasteiger partial charge in [0.05, 0.1) is 35.4 Å². The molecule has 0 aliphatic carbocycles. The minimum Gasteiger partial charge on any atom is -0.494 e. The number of carbonyl (C=O) groups excluding carboxylic acids is 1. The zero-order chi connectivity index (χ0) is 29.0. The first-order valence-corrected chi connectivity index (χ1v) is 13.3. The van der Waals surface area contributed by atoms with Crippen LogP contribution in [0.15, 0.2) is 61.4 Å². The van der Waals surface area contributed by atoms with E-state index in [0.29, 0.717) is 29.0 Å². The summed E-state index contributed by atoms with van der Waals surface area (Å²) < 4.78 is 7.91. The number of methoxy groups -OCH3 is 1. The molecule has 2 N–H and O–H groups in total. The number of para-hydroxylation sites is 1. The average molecular weight is 542 g/mol. The predicted molar refractivity (Wildman–Crippen MR) is 165 cm³/mol. The normalized spacial score (nSPS) is 11.2. The Hall–Kier alpha value is -4.37. The highest BCUT2D eigenvalue weighted by molar-refractivity contribution is 6.02. The highest BCUT2D eigenvalue weighted by atomic mass is 16.5. The quantitative estimate of drug-likeness (QED) is 0.238. The Morgan fingerprint density at radius 3 is 2.60 bits per heavy atom. The maximum atomic E-state index is 12.3. The largest absolute Gasteiger partial charge is 0.494 e. The number of hydrogen-bond donors (Lipinski definition) is 2. The molecule has 0 aliphatic rings. The molecule has 4 rings (SSSR count). The molecular weight excluding hydrogens is 502 g/mol. The Morgan fingerprint density at radius 1 is 1.15 bits per heavy atom. The molecule has 210 valence electrons. The molecule has 0 saturated carbocycles. The topological polar surface area (TPSA) is 87.5 Å². The van der Waals surface area contributed by atoms with Gasteiger partial charge in [-0.05, 0) is 43.8 Å². The fourth-order valence-electron chi connectivity index (χ4n) is 4.77. The fraction of sp³-hybridized carbons (Fsp3) is 0.323. The number of hydrogen-bond acceptors (Lipinski definition) is 7. The summed E-state index contributed by atoms with van der Waals surface area (Å²) in [6.07, 6.45) is 5.11. The molecule has 2 aromatic carbocycles. The summed E-state index contributed by atoms with van der Waals surface area (Å²) in [6, 6.07) is 12.1. The van der Waals surface area contributed by atoms with Gasteiger partial charge in [-0.1, -0.05) is 38.6 Å². The molecule has 4 aromatic rings. The number of rotatable bonds is 11. The molecule has 0 saturated heterocycles. The van der Waals surface area contributed by atoms with E-state index in [1.165, 1.54) is 17.2 Å². The monoisotopic (exact) mass is 541 g/mol. The number of aryl methyl sites for hydroxylation is 1. The number of fused-ring (bicyclic) bond motifs is 1. The van der Waals surface area contributed by atoms with Crippen molar-refractivity contribution in [3.05, 3.63) is 67.0 Å². The molecule has 0 unspecified atom stereocenters. The summed E-state index contributed by atoms with van der Waals surface area (Å²) in [6.45, 7) is 9.62. The minimum absolute atomic E-state index is 0.298. The maximum absolute atomic E-state index is 12.3. The number of aromatic nitrogens is 3. The van der Waals surface area contributed by atoms with E-state index in [-0.39, 0.29) is 5.91 Å². The summed E-state index contributed by atoms with van der Waals surface area (Å²) >= 11 is 0. The van der Waals surface area contributed by atoms with Gasteiger partial charge in [0, 0.05) is 56.6 Å². The van der Waals surface area contributed by atoms with Crippen LogP contribution in [0.1, 0.15) is 25.3 Å². The number of nitrogens with zero attached hydrogens (tertiary/aromatic N) is 5. The first kappa shape index (κ1) is 28.6. The lowest BCUT2D eigenvalue weighted by molar-refractivity contribution is -0.111. The standard InChI is InChI=1S/C31H39N7O2/c1-9-29(39)33-25-17-26(28(40-8)18-27(25)37(6)16-15-36(4)5)35-31-32-14-13-24(34-31)23-19-38(7)30-21(20(2)3)11-10-12-22(23)30/h9-14,17-20H,1,15-16H2,2-8H3,(H,33,39)(H,32,34,35). The van der Waals surface area contributed by atoms with Gasteiger partial charge in [-0.3, -0.25) is 4.79 Å². The first-order valence-electron chi connectivity index (χ1n) is 13.3. The highest BCUT2D eigenvalue weighted by Crippen LogP contribution is 2.38. The smallest absolute Gasteiger partial charge is 0.247 e. The Kier molecular flexibility index (Phi) is 8.74. The summed E-state index contributed by atoms with van der Waals surface area (Å²) in [4.78, 5) is 25.8. The molecule has 40 heavy (non-hydrogen) atoms. The third kappa shape index (κ3) is 6.10. The Balaban J connectivity index is 1.73. The van der Waals surface area contributed by atoms with Crippen LogP contribution in [0.3, 0.4) is 0 Å². The minimum atomic E-state index is -0.298. The molecule has 0 aliphatic heterocycles. The van der Waals surface area contributed by atoms with Gasteiger partial charge in [0.1, 0.15) is 5.75 Å². The predicted octanol–water partition coefficient (Wildman–Crippen LogP) is 5.63. The summed E-state index contributed by atoms with van der Waals surface area (Å²) in [7, 11) is 9.72. The van der Waals surface area contributed by atoms with Crippen molar-refractivity contribution in [1.29, 1.82) is 0 Å². The second-order valence-corrected chi connectivity index (χ2v) is 10.4. The number of anilines is 4. The van der Waals surface area contributed by atoms with Crippen LogP contribution in [0, 0.1) is 0 Å². The van der Waals surface area contributed by atoms with E-state index >= 15 is 0 Å². The van der Waals surface area contributed by atoms with E-state index in [1.54, 1.807) is 13.3 Å². The van der Waals surface area contributed by atoms with Gasteiger partial charge in [0.2, 0.25) is 11.9 Å². The van der Waals surface area contributed by atoms with Crippen LogP contribution >= 0.6 is 0 Å². The van der Waals surface area contributed by atoms with Crippen LogP contribution in [0.25, 0.3) is 22.2 Å². The number of benzene rings is 2. The van der Waals surface area contributed by atoms with Crippen LogP contribution in [0.2, 0.25) is 0 Å². The summed E-state index contributed by atoms with van der Waals surface area (Å²) in [5.41, 5.74) is 6.43. The van der Waals surface area contributed by atoms with Crippen LogP contribution in [-0.4, -0.2) is 66.7 Å². The Labute approximate surface area is 236 Å².